The van der Waals surface area contributed by atoms with Crippen molar-refractivity contribution in [3.63, 3.8) is 0 Å². The van der Waals surface area contributed by atoms with Gasteiger partial charge in [-0.3, -0.25) is 0 Å². The highest BCUT2D eigenvalue weighted by molar-refractivity contribution is 4.66. The fraction of sp³-hybridized carbons (Fsp3) is 1.00. The Morgan fingerprint density at radius 3 is 2.50 bits per heavy atom. The minimum atomic E-state index is 0.306. The molecule has 0 aliphatic carbocycles. The highest BCUT2D eigenvalue weighted by Gasteiger charge is 2.16. The van der Waals surface area contributed by atoms with E-state index < -0.39 is 0 Å². The maximum absolute atomic E-state index is 5.90. The van der Waals surface area contributed by atoms with Gasteiger partial charge in [-0.05, 0) is 19.8 Å². The topological polar surface area (TPSA) is 30.5 Å². The van der Waals surface area contributed by atoms with Crippen molar-refractivity contribution in [2.24, 2.45) is 0 Å². The van der Waals surface area contributed by atoms with Crippen LogP contribution in [0, 0.1) is 0 Å². The van der Waals surface area contributed by atoms with Gasteiger partial charge >= 0.3 is 0 Å². The largest absolute Gasteiger partial charge is 0.381 e. The van der Waals surface area contributed by atoms with E-state index in [1.807, 2.05) is 0 Å². The van der Waals surface area contributed by atoms with E-state index in [4.69, 9.17) is 9.47 Å². The minimum absolute atomic E-state index is 0.306. The predicted octanol–water partition coefficient (Wildman–Crippen LogP) is 1.57. The van der Waals surface area contributed by atoms with Crippen molar-refractivity contribution in [1.29, 1.82) is 0 Å². The van der Waals surface area contributed by atoms with Crippen LogP contribution in [0.1, 0.15) is 33.6 Å². The maximum atomic E-state index is 5.90. The van der Waals surface area contributed by atoms with Crippen LogP contribution in [-0.4, -0.2) is 38.0 Å². The molecule has 0 amide bonds. The summed E-state index contributed by atoms with van der Waals surface area (Å²) >= 11 is 0. The summed E-state index contributed by atoms with van der Waals surface area (Å²) in [6.07, 6.45) is 2.81. The highest BCUT2D eigenvalue weighted by atomic mass is 16.5. The average molecular weight is 201 g/mol. The first kappa shape index (κ1) is 12.0. The molecule has 0 saturated carbocycles. The van der Waals surface area contributed by atoms with Crippen LogP contribution in [0.15, 0.2) is 0 Å². The molecule has 1 aliphatic heterocycles. The Kier molecular flexibility index (Phi) is 5.45. The van der Waals surface area contributed by atoms with E-state index >= 15 is 0 Å². The van der Waals surface area contributed by atoms with E-state index in [0.717, 1.165) is 32.6 Å². The van der Waals surface area contributed by atoms with Gasteiger partial charge < -0.3 is 14.8 Å². The number of nitrogens with one attached hydrogen (secondary N) is 1. The fourth-order valence-electron chi connectivity index (χ4n) is 1.59. The van der Waals surface area contributed by atoms with Gasteiger partial charge in [0.05, 0.1) is 12.2 Å². The van der Waals surface area contributed by atoms with Crippen molar-refractivity contribution in [3.8, 4) is 0 Å². The first-order valence-corrected chi connectivity index (χ1v) is 5.65. The first-order valence-electron chi connectivity index (χ1n) is 5.65. The molecule has 14 heavy (non-hydrogen) atoms. The van der Waals surface area contributed by atoms with E-state index in [1.165, 1.54) is 0 Å². The van der Waals surface area contributed by atoms with Crippen molar-refractivity contribution in [2.45, 2.75) is 51.9 Å². The predicted molar refractivity (Wildman–Crippen MR) is 57.5 cm³/mol. The van der Waals surface area contributed by atoms with Crippen LogP contribution in [-0.2, 0) is 9.47 Å². The van der Waals surface area contributed by atoms with E-state index in [9.17, 15) is 0 Å². The molecule has 3 heteroatoms. The molecule has 0 aromatic rings. The SMILES string of the molecule is CC(C)NCC(C)OC1CCOCC1. The van der Waals surface area contributed by atoms with E-state index in [2.05, 4.69) is 26.1 Å². The maximum Gasteiger partial charge on any atom is 0.0675 e. The number of ether oxygens (including phenoxy) is 2. The van der Waals surface area contributed by atoms with Gasteiger partial charge in [0.2, 0.25) is 0 Å². The van der Waals surface area contributed by atoms with Crippen LogP contribution >= 0.6 is 0 Å². The molecule has 0 aromatic heterocycles. The van der Waals surface area contributed by atoms with Crippen molar-refractivity contribution in [2.75, 3.05) is 19.8 Å². The molecule has 1 unspecified atom stereocenters. The van der Waals surface area contributed by atoms with Crippen molar-refractivity contribution in [3.05, 3.63) is 0 Å². The number of hydrogen-bond donors (Lipinski definition) is 1. The lowest BCUT2D eigenvalue weighted by Crippen LogP contribution is -2.35. The van der Waals surface area contributed by atoms with E-state index in [0.29, 0.717) is 18.2 Å². The molecule has 1 N–H and O–H groups in total. The van der Waals surface area contributed by atoms with Gasteiger partial charge in [-0.2, -0.15) is 0 Å². The molecule has 1 atom stereocenters. The summed E-state index contributed by atoms with van der Waals surface area (Å²) in [6, 6.07) is 0.538. The van der Waals surface area contributed by atoms with Crippen LogP contribution in [0.5, 0.6) is 0 Å². The van der Waals surface area contributed by atoms with Gasteiger partial charge in [-0.1, -0.05) is 13.8 Å². The molecule has 0 spiro atoms. The fourth-order valence-corrected chi connectivity index (χ4v) is 1.59. The summed E-state index contributed by atoms with van der Waals surface area (Å²) in [5, 5.41) is 3.38. The van der Waals surface area contributed by atoms with Gasteiger partial charge in [-0.15, -0.1) is 0 Å². The lowest BCUT2D eigenvalue weighted by Gasteiger charge is -2.26. The summed E-state index contributed by atoms with van der Waals surface area (Å²) in [7, 11) is 0. The molecule has 0 bridgehead atoms. The molecular formula is C11H23NO2. The Balaban J connectivity index is 2.09. The van der Waals surface area contributed by atoms with Crippen LogP contribution in [0.25, 0.3) is 0 Å². The summed E-state index contributed by atoms with van der Waals surface area (Å²) in [4.78, 5) is 0. The van der Waals surface area contributed by atoms with Gasteiger partial charge in [-0.25, -0.2) is 0 Å². The Morgan fingerprint density at radius 1 is 1.29 bits per heavy atom. The third-order valence-electron chi connectivity index (χ3n) is 2.41. The van der Waals surface area contributed by atoms with Crippen LogP contribution in [0.4, 0.5) is 0 Å². The lowest BCUT2D eigenvalue weighted by atomic mass is 10.1. The standard InChI is InChI=1S/C11H23NO2/c1-9(2)12-8-10(3)14-11-4-6-13-7-5-11/h9-12H,4-8H2,1-3H3. The zero-order chi connectivity index (χ0) is 10.4. The average Bonchev–Trinajstić information content (AvgIpc) is 2.16. The zero-order valence-electron chi connectivity index (χ0n) is 9.58. The molecule has 1 rings (SSSR count). The minimum Gasteiger partial charge on any atom is -0.381 e. The number of rotatable bonds is 5. The van der Waals surface area contributed by atoms with Gasteiger partial charge in [0.25, 0.3) is 0 Å². The summed E-state index contributed by atoms with van der Waals surface area (Å²) < 4.78 is 11.2. The van der Waals surface area contributed by atoms with Gasteiger partial charge in [0.15, 0.2) is 0 Å². The third kappa shape index (κ3) is 4.94. The Labute approximate surface area is 87.2 Å². The molecule has 1 fully saturated rings. The second kappa shape index (κ2) is 6.38. The molecule has 1 aliphatic rings. The second-order valence-corrected chi connectivity index (χ2v) is 4.32. The smallest absolute Gasteiger partial charge is 0.0675 e. The Bertz CT molecular complexity index is 144. The second-order valence-electron chi connectivity index (χ2n) is 4.32. The molecule has 84 valence electrons. The molecular weight excluding hydrogens is 178 g/mol. The monoisotopic (exact) mass is 201 g/mol. The van der Waals surface area contributed by atoms with Crippen molar-refractivity contribution in [1.82, 2.24) is 5.32 Å². The first-order chi connectivity index (χ1) is 6.68. The van der Waals surface area contributed by atoms with Crippen molar-refractivity contribution >= 4 is 0 Å². The van der Waals surface area contributed by atoms with Crippen LogP contribution < -0.4 is 5.32 Å². The summed E-state index contributed by atoms with van der Waals surface area (Å²) in [5.74, 6) is 0. The van der Waals surface area contributed by atoms with Crippen LogP contribution in [0.3, 0.4) is 0 Å². The summed E-state index contributed by atoms with van der Waals surface area (Å²) in [6.45, 7) is 9.09. The molecule has 1 saturated heterocycles. The third-order valence-corrected chi connectivity index (χ3v) is 2.41. The zero-order valence-corrected chi connectivity index (χ0v) is 9.58. The molecule has 3 nitrogen and oxygen atoms in total. The highest BCUT2D eigenvalue weighted by Crippen LogP contribution is 2.12. The Hall–Kier alpha value is -0.120. The van der Waals surface area contributed by atoms with Crippen LogP contribution in [0.2, 0.25) is 0 Å². The van der Waals surface area contributed by atoms with Gasteiger partial charge in [0.1, 0.15) is 0 Å². The quantitative estimate of drug-likeness (QED) is 0.732. The molecule has 1 heterocycles. The van der Waals surface area contributed by atoms with Gasteiger partial charge in [0, 0.05) is 25.8 Å². The normalized spacial score (nSPS) is 21.4. The van der Waals surface area contributed by atoms with E-state index in [-0.39, 0.29) is 0 Å². The Morgan fingerprint density at radius 2 is 1.93 bits per heavy atom. The number of hydrogen-bond acceptors (Lipinski definition) is 3. The molecule has 0 aromatic carbocycles. The summed E-state index contributed by atoms with van der Waals surface area (Å²) in [5.41, 5.74) is 0. The van der Waals surface area contributed by atoms with E-state index in [1.54, 1.807) is 0 Å². The molecule has 0 radical (unpaired) electrons. The lowest BCUT2D eigenvalue weighted by molar-refractivity contribution is -0.0616. The van der Waals surface area contributed by atoms with Crippen molar-refractivity contribution < 1.29 is 9.47 Å².